The maximum Gasteiger partial charge on any atom is 0.253 e. The summed E-state index contributed by atoms with van der Waals surface area (Å²) in [5, 5.41) is 8.53. The highest BCUT2D eigenvalue weighted by Gasteiger charge is 2.27. The summed E-state index contributed by atoms with van der Waals surface area (Å²) in [6.45, 7) is 1.34. The minimum atomic E-state index is -0.330. The molecule has 122 valence electrons. The molecule has 3 heterocycles. The number of fused-ring (bicyclic) bond motifs is 1. The number of carbonyl (C=O) groups excluding carboxylic acids is 1. The molecule has 0 atom stereocenters. The van der Waals surface area contributed by atoms with E-state index in [0.29, 0.717) is 24.6 Å². The number of hydrogen-bond donors (Lipinski definition) is 0. The van der Waals surface area contributed by atoms with Gasteiger partial charge in [0.2, 0.25) is 0 Å². The van der Waals surface area contributed by atoms with Crippen LogP contribution in [0.15, 0.2) is 48.7 Å². The summed E-state index contributed by atoms with van der Waals surface area (Å²) in [7, 11) is 0. The molecule has 4 rings (SSSR count). The van der Waals surface area contributed by atoms with E-state index in [1.807, 2.05) is 33.7 Å². The van der Waals surface area contributed by atoms with Crippen LogP contribution in [0.3, 0.4) is 0 Å². The van der Waals surface area contributed by atoms with Crippen molar-refractivity contribution in [2.45, 2.75) is 18.8 Å². The van der Waals surface area contributed by atoms with Gasteiger partial charge in [0.25, 0.3) is 5.91 Å². The van der Waals surface area contributed by atoms with Gasteiger partial charge in [0, 0.05) is 30.8 Å². The molecule has 0 N–H and O–H groups in total. The number of carbonyl (C=O) groups is 1. The van der Waals surface area contributed by atoms with Crippen LogP contribution in [0.4, 0.5) is 4.39 Å². The van der Waals surface area contributed by atoms with Crippen molar-refractivity contribution >= 4 is 11.6 Å². The smallest absolute Gasteiger partial charge is 0.253 e. The fourth-order valence-electron chi connectivity index (χ4n) is 3.25. The summed E-state index contributed by atoms with van der Waals surface area (Å²) in [4.78, 5) is 14.3. The van der Waals surface area contributed by atoms with Crippen LogP contribution in [0.2, 0.25) is 0 Å². The molecule has 0 spiro atoms. The Hall–Kier alpha value is -2.76. The summed E-state index contributed by atoms with van der Waals surface area (Å²) in [5.74, 6) is 0.877. The molecule has 0 unspecified atom stereocenters. The maximum atomic E-state index is 13.0. The molecule has 3 aromatic rings. The number of piperidine rings is 1. The van der Waals surface area contributed by atoms with E-state index in [-0.39, 0.29) is 11.7 Å². The molecule has 6 heteroatoms. The van der Waals surface area contributed by atoms with Gasteiger partial charge in [-0.3, -0.25) is 9.20 Å². The Kier molecular flexibility index (Phi) is 3.72. The molecule has 1 fully saturated rings. The SMILES string of the molecule is O=C(c1ccc(F)cc1)N1CCC(c2nnc3ccccn23)CC1. The predicted octanol–water partition coefficient (Wildman–Crippen LogP) is 2.89. The van der Waals surface area contributed by atoms with Crippen molar-refractivity contribution in [3.63, 3.8) is 0 Å². The molecular formula is C18H17FN4O. The normalized spacial score (nSPS) is 15.8. The number of nitrogens with zero attached hydrogens (tertiary/aromatic N) is 4. The van der Waals surface area contributed by atoms with Crippen molar-refractivity contribution < 1.29 is 9.18 Å². The van der Waals surface area contributed by atoms with E-state index >= 15 is 0 Å². The molecular weight excluding hydrogens is 307 g/mol. The molecule has 1 aliphatic heterocycles. The number of amides is 1. The van der Waals surface area contributed by atoms with Crippen molar-refractivity contribution in [3.05, 3.63) is 65.9 Å². The van der Waals surface area contributed by atoms with E-state index in [2.05, 4.69) is 10.2 Å². The Morgan fingerprint density at radius 1 is 1.04 bits per heavy atom. The van der Waals surface area contributed by atoms with Crippen LogP contribution in [0.5, 0.6) is 0 Å². The standard InChI is InChI=1S/C18H17FN4O/c19-15-6-4-14(5-7-15)18(24)22-11-8-13(9-12-22)17-21-20-16-3-1-2-10-23(16)17/h1-7,10,13H,8-9,11-12H2. The lowest BCUT2D eigenvalue weighted by Gasteiger charge is -2.31. The van der Waals surface area contributed by atoms with Gasteiger partial charge in [-0.1, -0.05) is 6.07 Å². The van der Waals surface area contributed by atoms with E-state index in [4.69, 9.17) is 0 Å². The number of likely N-dealkylation sites (tertiary alicyclic amines) is 1. The molecule has 1 amide bonds. The molecule has 1 aliphatic rings. The summed E-state index contributed by atoms with van der Waals surface area (Å²) in [5.41, 5.74) is 1.38. The molecule has 2 aromatic heterocycles. The molecule has 1 saturated heterocycles. The Morgan fingerprint density at radius 3 is 2.54 bits per heavy atom. The first-order chi connectivity index (χ1) is 11.7. The first-order valence-electron chi connectivity index (χ1n) is 8.07. The van der Waals surface area contributed by atoms with Gasteiger partial charge in [0.15, 0.2) is 5.65 Å². The maximum absolute atomic E-state index is 13.0. The molecule has 24 heavy (non-hydrogen) atoms. The number of benzene rings is 1. The summed E-state index contributed by atoms with van der Waals surface area (Å²) < 4.78 is 15.0. The van der Waals surface area contributed by atoms with Gasteiger partial charge in [-0.2, -0.15) is 0 Å². The predicted molar refractivity (Wildman–Crippen MR) is 87.3 cm³/mol. The zero-order valence-electron chi connectivity index (χ0n) is 13.1. The van der Waals surface area contributed by atoms with Gasteiger partial charge in [0.1, 0.15) is 11.6 Å². The van der Waals surface area contributed by atoms with Crippen molar-refractivity contribution in [2.75, 3.05) is 13.1 Å². The third kappa shape index (κ3) is 2.64. The van der Waals surface area contributed by atoms with E-state index in [0.717, 1.165) is 24.3 Å². The zero-order valence-corrected chi connectivity index (χ0v) is 13.1. The Balaban J connectivity index is 1.47. The Labute approximate surface area is 138 Å². The summed E-state index contributed by atoms with van der Waals surface area (Å²) in [6.07, 6.45) is 3.67. The van der Waals surface area contributed by atoms with E-state index in [1.165, 1.54) is 24.3 Å². The van der Waals surface area contributed by atoms with Crippen LogP contribution in [0, 0.1) is 5.82 Å². The average Bonchev–Trinajstić information content (AvgIpc) is 3.06. The first-order valence-corrected chi connectivity index (χ1v) is 8.07. The second-order valence-electron chi connectivity index (χ2n) is 6.06. The number of pyridine rings is 1. The number of halogens is 1. The molecule has 0 radical (unpaired) electrons. The largest absolute Gasteiger partial charge is 0.339 e. The zero-order chi connectivity index (χ0) is 16.5. The number of rotatable bonds is 2. The van der Waals surface area contributed by atoms with E-state index in [1.54, 1.807) is 0 Å². The lowest BCUT2D eigenvalue weighted by Crippen LogP contribution is -2.38. The average molecular weight is 324 g/mol. The quantitative estimate of drug-likeness (QED) is 0.728. The van der Waals surface area contributed by atoms with Crippen LogP contribution >= 0.6 is 0 Å². The topological polar surface area (TPSA) is 50.5 Å². The fraction of sp³-hybridized carbons (Fsp3) is 0.278. The summed E-state index contributed by atoms with van der Waals surface area (Å²) >= 11 is 0. The molecule has 0 aliphatic carbocycles. The fourth-order valence-corrected chi connectivity index (χ4v) is 3.25. The molecule has 5 nitrogen and oxygen atoms in total. The van der Waals surface area contributed by atoms with E-state index in [9.17, 15) is 9.18 Å². The number of aromatic nitrogens is 3. The summed E-state index contributed by atoms with van der Waals surface area (Å²) in [6, 6.07) is 11.6. The molecule has 0 bridgehead atoms. The van der Waals surface area contributed by atoms with Crippen LogP contribution < -0.4 is 0 Å². The third-order valence-electron chi connectivity index (χ3n) is 4.58. The van der Waals surface area contributed by atoms with Gasteiger partial charge in [0.05, 0.1) is 0 Å². The Bertz CT molecular complexity index is 866. The van der Waals surface area contributed by atoms with E-state index < -0.39 is 0 Å². The third-order valence-corrected chi connectivity index (χ3v) is 4.58. The van der Waals surface area contributed by atoms with Gasteiger partial charge < -0.3 is 4.90 Å². The number of hydrogen-bond acceptors (Lipinski definition) is 3. The van der Waals surface area contributed by atoms with Gasteiger partial charge >= 0.3 is 0 Å². The van der Waals surface area contributed by atoms with Crippen molar-refractivity contribution in [2.24, 2.45) is 0 Å². The van der Waals surface area contributed by atoms with Crippen LogP contribution in [-0.2, 0) is 0 Å². The lowest BCUT2D eigenvalue weighted by atomic mass is 9.95. The van der Waals surface area contributed by atoms with Crippen molar-refractivity contribution in [1.29, 1.82) is 0 Å². The van der Waals surface area contributed by atoms with Crippen LogP contribution in [0.25, 0.3) is 5.65 Å². The molecule has 0 saturated carbocycles. The van der Waals surface area contributed by atoms with Crippen LogP contribution in [0.1, 0.15) is 34.9 Å². The van der Waals surface area contributed by atoms with Gasteiger partial charge in [-0.05, 0) is 49.2 Å². The monoisotopic (exact) mass is 324 g/mol. The van der Waals surface area contributed by atoms with Crippen LogP contribution in [-0.4, -0.2) is 38.5 Å². The highest BCUT2D eigenvalue weighted by molar-refractivity contribution is 5.94. The Morgan fingerprint density at radius 2 is 1.79 bits per heavy atom. The van der Waals surface area contributed by atoms with Gasteiger partial charge in [-0.25, -0.2) is 4.39 Å². The minimum absolute atomic E-state index is 0.0421. The first kappa shape index (κ1) is 14.8. The van der Waals surface area contributed by atoms with Crippen molar-refractivity contribution in [1.82, 2.24) is 19.5 Å². The second-order valence-corrected chi connectivity index (χ2v) is 6.06. The molecule has 1 aromatic carbocycles. The van der Waals surface area contributed by atoms with Crippen molar-refractivity contribution in [3.8, 4) is 0 Å². The highest BCUT2D eigenvalue weighted by atomic mass is 19.1. The van der Waals surface area contributed by atoms with Gasteiger partial charge in [-0.15, -0.1) is 10.2 Å². The lowest BCUT2D eigenvalue weighted by molar-refractivity contribution is 0.0711. The highest BCUT2D eigenvalue weighted by Crippen LogP contribution is 2.27. The second kappa shape index (κ2) is 6.03. The minimum Gasteiger partial charge on any atom is -0.339 e.